The summed E-state index contributed by atoms with van der Waals surface area (Å²) in [5.41, 5.74) is -1.16. The van der Waals surface area contributed by atoms with Crippen LogP contribution in [0.25, 0.3) is 0 Å². The Morgan fingerprint density at radius 1 is 1.43 bits per heavy atom. The number of nitrogens with zero attached hydrogens (tertiary/aromatic N) is 1. The fourth-order valence-corrected chi connectivity index (χ4v) is 1.94. The van der Waals surface area contributed by atoms with E-state index in [9.17, 15) is 9.90 Å². The van der Waals surface area contributed by atoms with Gasteiger partial charge in [0.2, 0.25) is 0 Å². The molecular weight excluding hydrogens is 298 g/mol. The molecule has 7 nitrogen and oxygen atoms in total. The Balaban J connectivity index is 2.42. The van der Waals surface area contributed by atoms with Gasteiger partial charge in [-0.2, -0.15) is 0 Å². The smallest absolute Gasteiger partial charge is 0.305 e. The van der Waals surface area contributed by atoms with Gasteiger partial charge in [0.05, 0.1) is 19.9 Å². The highest BCUT2D eigenvalue weighted by Crippen LogP contribution is 2.20. The molecule has 1 aromatic rings. The Hall–Kier alpha value is -2.02. The maximum absolute atomic E-state index is 11.0. The number of unbranched alkanes of at least 4 members (excludes halogenated alkanes) is 1. The van der Waals surface area contributed by atoms with Gasteiger partial charge in [0, 0.05) is 19.5 Å². The molecule has 0 bridgehead atoms. The molecule has 0 fully saturated rings. The van der Waals surface area contributed by atoms with Gasteiger partial charge in [-0.25, -0.2) is 4.99 Å². The number of aliphatic hydroxyl groups is 1. The van der Waals surface area contributed by atoms with Gasteiger partial charge >= 0.3 is 5.97 Å². The molecule has 0 spiro atoms. The van der Waals surface area contributed by atoms with Gasteiger partial charge in [-0.1, -0.05) is 0 Å². The summed E-state index contributed by atoms with van der Waals surface area (Å²) in [7, 11) is 1.39. The topological polar surface area (TPSA) is 96.1 Å². The first-order valence-electron chi connectivity index (χ1n) is 7.85. The molecule has 1 atom stereocenters. The zero-order valence-electron chi connectivity index (χ0n) is 14.1. The third-order valence-corrected chi connectivity index (χ3v) is 3.27. The van der Waals surface area contributed by atoms with Crippen molar-refractivity contribution in [3.63, 3.8) is 0 Å². The van der Waals surface area contributed by atoms with E-state index in [1.165, 1.54) is 13.4 Å². The second kappa shape index (κ2) is 9.89. The average molecular weight is 325 g/mol. The van der Waals surface area contributed by atoms with Crippen molar-refractivity contribution in [1.29, 1.82) is 0 Å². The molecule has 23 heavy (non-hydrogen) atoms. The van der Waals surface area contributed by atoms with E-state index < -0.39 is 5.60 Å². The first kappa shape index (κ1) is 19.0. The quantitative estimate of drug-likeness (QED) is 0.275. The van der Waals surface area contributed by atoms with Gasteiger partial charge < -0.3 is 24.9 Å². The highest BCUT2D eigenvalue weighted by molar-refractivity contribution is 5.79. The van der Waals surface area contributed by atoms with Crippen LogP contribution < -0.4 is 10.6 Å². The van der Waals surface area contributed by atoms with E-state index in [1.807, 2.05) is 6.92 Å². The van der Waals surface area contributed by atoms with Crippen molar-refractivity contribution in [3.05, 3.63) is 24.2 Å². The minimum absolute atomic E-state index is 0.179. The van der Waals surface area contributed by atoms with E-state index in [0.717, 1.165) is 19.4 Å². The van der Waals surface area contributed by atoms with Gasteiger partial charge in [-0.05, 0) is 38.8 Å². The van der Waals surface area contributed by atoms with Crippen LogP contribution in [0.1, 0.15) is 38.9 Å². The molecular formula is C16H27N3O4. The van der Waals surface area contributed by atoms with Crippen LogP contribution in [0, 0.1) is 0 Å². The molecule has 0 aliphatic heterocycles. The number of hydrogen-bond donors (Lipinski definition) is 3. The number of rotatable bonds is 9. The van der Waals surface area contributed by atoms with Crippen molar-refractivity contribution in [3.8, 4) is 0 Å². The molecule has 0 radical (unpaired) electrons. The molecule has 1 rings (SSSR count). The van der Waals surface area contributed by atoms with E-state index >= 15 is 0 Å². The van der Waals surface area contributed by atoms with Gasteiger partial charge in [-0.15, -0.1) is 0 Å². The summed E-state index contributed by atoms with van der Waals surface area (Å²) in [6.07, 6.45) is 3.52. The molecule has 0 aliphatic carbocycles. The summed E-state index contributed by atoms with van der Waals surface area (Å²) >= 11 is 0. The lowest BCUT2D eigenvalue weighted by Crippen LogP contribution is -2.39. The Bertz CT molecular complexity index is 484. The predicted octanol–water partition coefficient (Wildman–Crippen LogP) is 1.39. The fraction of sp³-hybridized carbons (Fsp3) is 0.625. The SMILES string of the molecule is CCNC(=NCC(C)(O)c1ccco1)NCCCCC(=O)OC. The minimum Gasteiger partial charge on any atom is -0.469 e. The summed E-state index contributed by atoms with van der Waals surface area (Å²) < 4.78 is 9.83. The maximum atomic E-state index is 11.0. The van der Waals surface area contributed by atoms with Gasteiger partial charge in [0.15, 0.2) is 5.96 Å². The van der Waals surface area contributed by atoms with E-state index in [1.54, 1.807) is 19.1 Å². The number of carbonyl (C=O) groups is 1. The van der Waals surface area contributed by atoms with E-state index in [4.69, 9.17) is 4.42 Å². The van der Waals surface area contributed by atoms with E-state index in [-0.39, 0.29) is 12.5 Å². The second-order valence-corrected chi connectivity index (χ2v) is 5.41. The molecule has 130 valence electrons. The van der Waals surface area contributed by atoms with Crippen molar-refractivity contribution < 1.29 is 19.1 Å². The Labute approximate surface area is 137 Å². The number of carbonyl (C=O) groups excluding carboxylic acids is 1. The molecule has 1 aromatic heterocycles. The van der Waals surface area contributed by atoms with Crippen molar-refractivity contribution in [2.75, 3.05) is 26.7 Å². The first-order chi connectivity index (χ1) is 11.0. The van der Waals surface area contributed by atoms with Gasteiger partial charge in [-0.3, -0.25) is 4.79 Å². The van der Waals surface area contributed by atoms with Crippen molar-refractivity contribution in [2.24, 2.45) is 4.99 Å². The number of ether oxygens (including phenoxy) is 1. The number of esters is 1. The van der Waals surface area contributed by atoms with Crippen molar-refractivity contribution >= 4 is 11.9 Å². The predicted molar refractivity (Wildman–Crippen MR) is 88.1 cm³/mol. The summed E-state index contributed by atoms with van der Waals surface area (Å²) in [5, 5.41) is 16.7. The molecule has 0 saturated heterocycles. The van der Waals surface area contributed by atoms with Crippen molar-refractivity contribution in [2.45, 2.75) is 38.7 Å². The van der Waals surface area contributed by atoms with Crippen LogP contribution in [0.15, 0.2) is 27.8 Å². The third-order valence-electron chi connectivity index (χ3n) is 3.27. The summed E-state index contributed by atoms with van der Waals surface area (Å²) in [6, 6.07) is 3.46. The Kier molecular flexibility index (Phi) is 8.18. The summed E-state index contributed by atoms with van der Waals surface area (Å²) in [6.45, 7) is 5.22. The van der Waals surface area contributed by atoms with Crippen LogP contribution in [0.3, 0.4) is 0 Å². The van der Waals surface area contributed by atoms with E-state index in [0.29, 0.717) is 24.7 Å². The Morgan fingerprint density at radius 3 is 2.83 bits per heavy atom. The molecule has 3 N–H and O–H groups in total. The zero-order valence-corrected chi connectivity index (χ0v) is 14.1. The highest BCUT2D eigenvalue weighted by Gasteiger charge is 2.25. The number of hydrogen-bond acceptors (Lipinski definition) is 5. The minimum atomic E-state index is -1.16. The number of aliphatic imine (C=N–C) groups is 1. The summed E-state index contributed by atoms with van der Waals surface area (Å²) in [4.78, 5) is 15.4. The van der Waals surface area contributed by atoms with Crippen molar-refractivity contribution in [1.82, 2.24) is 10.6 Å². The lowest BCUT2D eigenvalue weighted by Gasteiger charge is -2.19. The molecule has 7 heteroatoms. The van der Waals surface area contributed by atoms with Crippen LogP contribution in [-0.2, 0) is 15.1 Å². The van der Waals surface area contributed by atoms with Crippen LogP contribution in [0.5, 0.6) is 0 Å². The zero-order chi connectivity index (χ0) is 17.1. The lowest BCUT2D eigenvalue weighted by atomic mass is 10.0. The monoisotopic (exact) mass is 325 g/mol. The molecule has 1 unspecified atom stereocenters. The van der Waals surface area contributed by atoms with Crippen LogP contribution in [-0.4, -0.2) is 43.8 Å². The van der Waals surface area contributed by atoms with Crippen LogP contribution in [0.4, 0.5) is 0 Å². The largest absolute Gasteiger partial charge is 0.469 e. The maximum Gasteiger partial charge on any atom is 0.305 e. The van der Waals surface area contributed by atoms with Gasteiger partial charge in [0.25, 0.3) is 0 Å². The van der Waals surface area contributed by atoms with Crippen LogP contribution in [0.2, 0.25) is 0 Å². The average Bonchev–Trinajstić information content (AvgIpc) is 3.07. The normalized spacial score (nSPS) is 14.2. The number of furan rings is 1. The molecule has 0 saturated carbocycles. The van der Waals surface area contributed by atoms with E-state index in [2.05, 4.69) is 20.4 Å². The standard InChI is InChI=1S/C16H27N3O4/c1-4-17-15(18-10-6-5-9-14(20)22-3)19-12-16(2,21)13-8-7-11-23-13/h7-8,11,21H,4-6,9-10,12H2,1-3H3,(H2,17,18,19). The number of methoxy groups -OCH3 is 1. The molecule has 0 aliphatic rings. The molecule has 0 aromatic carbocycles. The molecule has 0 amide bonds. The first-order valence-corrected chi connectivity index (χ1v) is 7.85. The Morgan fingerprint density at radius 2 is 2.22 bits per heavy atom. The third kappa shape index (κ3) is 7.19. The summed E-state index contributed by atoms with van der Waals surface area (Å²) in [5.74, 6) is 0.910. The number of guanidine groups is 1. The highest BCUT2D eigenvalue weighted by atomic mass is 16.5. The molecule has 1 heterocycles. The second-order valence-electron chi connectivity index (χ2n) is 5.41. The lowest BCUT2D eigenvalue weighted by molar-refractivity contribution is -0.140. The number of nitrogens with one attached hydrogen (secondary N) is 2. The van der Waals surface area contributed by atoms with Gasteiger partial charge in [0.1, 0.15) is 11.4 Å². The van der Waals surface area contributed by atoms with Crippen LogP contribution >= 0.6 is 0 Å². The fourth-order valence-electron chi connectivity index (χ4n) is 1.94.